The number of nitrogens with zero attached hydrogens (tertiary/aromatic N) is 1. The van der Waals surface area contributed by atoms with E-state index in [0.717, 1.165) is 0 Å². The summed E-state index contributed by atoms with van der Waals surface area (Å²) >= 11 is 0. The zero-order chi connectivity index (χ0) is 18.4. The van der Waals surface area contributed by atoms with Gasteiger partial charge in [0.15, 0.2) is 0 Å². The molecule has 0 radical (unpaired) electrons. The van der Waals surface area contributed by atoms with E-state index in [1.165, 1.54) is 12.3 Å². The molecular weight excluding hydrogens is 324 g/mol. The number of pyridine rings is 1. The maximum Gasteiger partial charge on any atom is 0.407 e. The van der Waals surface area contributed by atoms with Crippen molar-refractivity contribution in [2.75, 3.05) is 13.2 Å². The molecule has 2 rings (SSSR count). The average Bonchev–Trinajstić information content (AvgIpc) is 2.52. The Bertz CT molecular complexity index is 768. The largest absolute Gasteiger partial charge is 0.491 e. The first-order valence-corrected chi connectivity index (χ1v) is 7.98. The van der Waals surface area contributed by atoms with Gasteiger partial charge in [-0.15, -0.1) is 0 Å². The predicted molar refractivity (Wildman–Crippen MR) is 93.1 cm³/mol. The quantitative estimate of drug-likeness (QED) is 0.779. The summed E-state index contributed by atoms with van der Waals surface area (Å²) < 4.78 is 10.8. The number of nitrogens with one attached hydrogen (secondary N) is 1. The van der Waals surface area contributed by atoms with E-state index in [0.29, 0.717) is 36.2 Å². The smallest absolute Gasteiger partial charge is 0.407 e. The second kappa shape index (κ2) is 7.83. The van der Waals surface area contributed by atoms with E-state index in [9.17, 15) is 14.7 Å². The molecule has 0 saturated carbocycles. The molecule has 1 heterocycles. The fraction of sp³-hybridized carbons (Fsp3) is 0.389. The Morgan fingerprint density at radius 3 is 2.68 bits per heavy atom. The van der Waals surface area contributed by atoms with Gasteiger partial charge < -0.3 is 19.9 Å². The van der Waals surface area contributed by atoms with Crippen LogP contribution < -0.4 is 10.1 Å². The summed E-state index contributed by atoms with van der Waals surface area (Å²) in [5, 5.41) is 12.4. The number of aromatic nitrogens is 1. The summed E-state index contributed by atoms with van der Waals surface area (Å²) in [6.45, 7) is 6.17. The normalized spacial score (nSPS) is 11.2. The van der Waals surface area contributed by atoms with Crippen LogP contribution in [-0.4, -0.2) is 40.9 Å². The number of carboxylic acid groups (broad SMARTS) is 1. The van der Waals surface area contributed by atoms with Crippen molar-refractivity contribution in [1.82, 2.24) is 10.3 Å². The maximum atomic E-state index is 11.5. The van der Waals surface area contributed by atoms with Gasteiger partial charge in [0.05, 0.1) is 12.2 Å². The van der Waals surface area contributed by atoms with Crippen LogP contribution in [0.3, 0.4) is 0 Å². The van der Waals surface area contributed by atoms with Crippen LogP contribution >= 0.6 is 0 Å². The zero-order valence-corrected chi connectivity index (χ0v) is 14.5. The third-order valence-corrected chi connectivity index (χ3v) is 3.21. The SMILES string of the molecule is CC(C)(C)OC(=O)NCCCOc1cccc2c(C(=O)O)ccnc12. The van der Waals surface area contributed by atoms with Gasteiger partial charge in [-0.1, -0.05) is 12.1 Å². The number of carbonyl (C=O) groups is 2. The topological polar surface area (TPSA) is 97.8 Å². The minimum Gasteiger partial charge on any atom is -0.491 e. The van der Waals surface area contributed by atoms with Crippen LogP contribution in [0.4, 0.5) is 4.79 Å². The summed E-state index contributed by atoms with van der Waals surface area (Å²) in [5.41, 5.74) is 0.154. The number of alkyl carbamates (subject to hydrolysis) is 1. The molecule has 0 atom stereocenters. The van der Waals surface area contributed by atoms with E-state index in [1.54, 1.807) is 39.0 Å². The third kappa shape index (κ3) is 5.34. The summed E-state index contributed by atoms with van der Waals surface area (Å²) in [6.07, 6.45) is 1.56. The molecule has 0 unspecified atom stereocenters. The van der Waals surface area contributed by atoms with Gasteiger partial charge in [0, 0.05) is 18.1 Å². The maximum absolute atomic E-state index is 11.5. The van der Waals surface area contributed by atoms with Crippen molar-refractivity contribution in [2.45, 2.75) is 32.8 Å². The van der Waals surface area contributed by atoms with Crippen LogP contribution in [0.5, 0.6) is 5.75 Å². The Morgan fingerprint density at radius 1 is 1.24 bits per heavy atom. The van der Waals surface area contributed by atoms with Crippen LogP contribution in [0.15, 0.2) is 30.5 Å². The number of hydrogen-bond acceptors (Lipinski definition) is 5. The van der Waals surface area contributed by atoms with Gasteiger partial charge >= 0.3 is 12.1 Å². The Morgan fingerprint density at radius 2 is 2.00 bits per heavy atom. The number of carboxylic acids is 1. The number of rotatable bonds is 6. The van der Waals surface area contributed by atoms with Crippen LogP contribution in [0, 0.1) is 0 Å². The predicted octanol–water partition coefficient (Wildman–Crippen LogP) is 3.23. The van der Waals surface area contributed by atoms with Gasteiger partial charge in [-0.05, 0) is 39.3 Å². The van der Waals surface area contributed by atoms with Crippen LogP contribution in [0.1, 0.15) is 37.6 Å². The molecule has 2 aromatic rings. The Balaban J connectivity index is 1.91. The highest BCUT2D eigenvalue weighted by Crippen LogP contribution is 2.26. The van der Waals surface area contributed by atoms with Crippen molar-refractivity contribution in [1.29, 1.82) is 0 Å². The van der Waals surface area contributed by atoms with Crippen molar-refractivity contribution >= 4 is 23.0 Å². The molecule has 0 saturated heterocycles. The number of amides is 1. The highest BCUT2D eigenvalue weighted by molar-refractivity contribution is 6.03. The molecule has 1 aromatic heterocycles. The first kappa shape index (κ1) is 18.5. The molecule has 2 N–H and O–H groups in total. The molecule has 1 aromatic carbocycles. The zero-order valence-electron chi connectivity index (χ0n) is 14.5. The van der Waals surface area contributed by atoms with Crippen LogP contribution in [-0.2, 0) is 4.74 Å². The third-order valence-electron chi connectivity index (χ3n) is 3.21. The summed E-state index contributed by atoms with van der Waals surface area (Å²) in [7, 11) is 0. The molecule has 0 aliphatic heterocycles. The van der Waals surface area contributed by atoms with Gasteiger partial charge in [-0.3, -0.25) is 4.98 Å². The Labute approximate surface area is 146 Å². The van der Waals surface area contributed by atoms with Gasteiger partial charge in [-0.25, -0.2) is 9.59 Å². The fourth-order valence-corrected chi connectivity index (χ4v) is 2.21. The highest BCUT2D eigenvalue weighted by Gasteiger charge is 2.15. The minimum absolute atomic E-state index is 0.182. The lowest BCUT2D eigenvalue weighted by Gasteiger charge is -2.19. The number of ether oxygens (including phenoxy) is 2. The summed E-state index contributed by atoms with van der Waals surface area (Å²) in [6, 6.07) is 6.62. The number of hydrogen-bond donors (Lipinski definition) is 2. The number of aromatic carboxylic acids is 1. The lowest BCUT2D eigenvalue weighted by atomic mass is 10.1. The van der Waals surface area contributed by atoms with Gasteiger partial charge in [0.1, 0.15) is 16.9 Å². The average molecular weight is 346 g/mol. The molecule has 134 valence electrons. The lowest BCUT2D eigenvalue weighted by molar-refractivity contribution is 0.0525. The molecule has 7 heteroatoms. The van der Waals surface area contributed by atoms with Crippen LogP contribution in [0.2, 0.25) is 0 Å². The molecule has 0 fully saturated rings. The summed E-state index contributed by atoms with van der Waals surface area (Å²) in [5.74, 6) is -0.496. The highest BCUT2D eigenvalue weighted by atomic mass is 16.6. The van der Waals surface area contributed by atoms with Crippen molar-refractivity contribution in [2.24, 2.45) is 0 Å². The molecule has 0 aliphatic rings. The standard InChI is InChI=1S/C18H22N2O5/c1-18(2,3)25-17(23)20-9-5-11-24-14-7-4-6-12-13(16(21)22)8-10-19-15(12)14/h4,6-8,10H,5,9,11H2,1-3H3,(H,20,23)(H,21,22). The first-order valence-electron chi connectivity index (χ1n) is 7.98. The monoisotopic (exact) mass is 346 g/mol. The van der Waals surface area contributed by atoms with Crippen LogP contribution in [0.25, 0.3) is 10.9 Å². The number of benzene rings is 1. The van der Waals surface area contributed by atoms with E-state index in [4.69, 9.17) is 9.47 Å². The molecule has 25 heavy (non-hydrogen) atoms. The van der Waals surface area contributed by atoms with Gasteiger partial charge in [0.2, 0.25) is 0 Å². The second-order valence-electron chi connectivity index (χ2n) is 6.45. The van der Waals surface area contributed by atoms with Gasteiger partial charge in [-0.2, -0.15) is 0 Å². The molecule has 0 aliphatic carbocycles. The van der Waals surface area contributed by atoms with E-state index < -0.39 is 17.7 Å². The Hall–Kier alpha value is -2.83. The minimum atomic E-state index is -1.01. The van der Waals surface area contributed by atoms with E-state index in [-0.39, 0.29) is 5.56 Å². The van der Waals surface area contributed by atoms with Crippen molar-refractivity contribution in [3.63, 3.8) is 0 Å². The molecule has 1 amide bonds. The van der Waals surface area contributed by atoms with E-state index >= 15 is 0 Å². The number of para-hydroxylation sites is 1. The number of fused-ring (bicyclic) bond motifs is 1. The number of carbonyl (C=O) groups excluding carboxylic acids is 1. The molecule has 7 nitrogen and oxygen atoms in total. The van der Waals surface area contributed by atoms with E-state index in [2.05, 4.69) is 10.3 Å². The van der Waals surface area contributed by atoms with Crippen molar-refractivity contribution in [3.8, 4) is 5.75 Å². The summed E-state index contributed by atoms with van der Waals surface area (Å²) in [4.78, 5) is 27.0. The molecule has 0 spiro atoms. The fourth-order valence-electron chi connectivity index (χ4n) is 2.21. The molecular formula is C18H22N2O5. The van der Waals surface area contributed by atoms with Crippen molar-refractivity contribution < 1.29 is 24.2 Å². The molecule has 0 bridgehead atoms. The van der Waals surface area contributed by atoms with Crippen molar-refractivity contribution in [3.05, 3.63) is 36.0 Å². The second-order valence-corrected chi connectivity index (χ2v) is 6.45. The van der Waals surface area contributed by atoms with E-state index in [1.807, 2.05) is 0 Å². The first-order chi connectivity index (χ1) is 11.8. The van der Waals surface area contributed by atoms with Gasteiger partial charge in [0.25, 0.3) is 0 Å². The Kier molecular flexibility index (Phi) is 5.80. The lowest BCUT2D eigenvalue weighted by Crippen LogP contribution is -2.33.